The number of aryl methyl sites for hydroxylation is 2. The van der Waals surface area contributed by atoms with Gasteiger partial charge in [0, 0.05) is 17.9 Å². The molecule has 18 heavy (non-hydrogen) atoms. The van der Waals surface area contributed by atoms with E-state index in [1.807, 2.05) is 13.8 Å². The van der Waals surface area contributed by atoms with Gasteiger partial charge in [-0.2, -0.15) is 5.10 Å². The summed E-state index contributed by atoms with van der Waals surface area (Å²) >= 11 is 3.33. The maximum Gasteiger partial charge on any atom is 0.244 e. The van der Waals surface area contributed by atoms with Crippen LogP contribution in [0.4, 0.5) is 0 Å². The van der Waals surface area contributed by atoms with Gasteiger partial charge >= 0.3 is 0 Å². The van der Waals surface area contributed by atoms with Crippen molar-refractivity contribution in [1.29, 1.82) is 0 Å². The Balaban J connectivity index is 3.15. The first kappa shape index (κ1) is 15.7. The molecule has 7 heteroatoms. The standard InChI is InChI=1S/C11H20BrN3O2S/c1-8-10(9(2)15(5)13-8)18(16,17)14-11(3,4)6-7-12/h14H,6-7H2,1-5H3. The third kappa shape index (κ3) is 3.33. The first-order valence-corrected chi connectivity index (χ1v) is 8.31. The summed E-state index contributed by atoms with van der Waals surface area (Å²) in [5, 5.41) is 4.88. The van der Waals surface area contributed by atoms with Crippen molar-refractivity contribution < 1.29 is 8.42 Å². The number of aromatic nitrogens is 2. The molecule has 0 unspecified atom stereocenters. The van der Waals surface area contributed by atoms with Crippen molar-refractivity contribution >= 4 is 26.0 Å². The summed E-state index contributed by atoms with van der Waals surface area (Å²) < 4.78 is 29.1. The summed E-state index contributed by atoms with van der Waals surface area (Å²) in [6.45, 7) is 7.20. The molecule has 5 nitrogen and oxygen atoms in total. The van der Waals surface area contributed by atoms with E-state index < -0.39 is 15.6 Å². The Kier molecular flexibility index (Phi) is 4.61. The van der Waals surface area contributed by atoms with Gasteiger partial charge in [0.05, 0.1) is 11.4 Å². The minimum Gasteiger partial charge on any atom is -0.271 e. The summed E-state index contributed by atoms with van der Waals surface area (Å²) in [4.78, 5) is 0.285. The lowest BCUT2D eigenvalue weighted by atomic mass is 10.0. The molecule has 0 saturated heterocycles. The van der Waals surface area contributed by atoms with Gasteiger partial charge in [-0.1, -0.05) is 15.9 Å². The van der Waals surface area contributed by atoms with Crippen molar-refractivity contribution in [2.24, 2.45) is 7.05 Å². The summed E-state index contributed by atoms with van der Waals surface area (Å²) in [6.07, 6.45) is 0.713. The maximum atomic E-state index is 12.4. The van der Waals surface area contributed by atoms with Crippen LogP contribution in [-0.2, 0) is 17.1 Å². The fourth-order valence-corrected chi connectivity index (χ4v) is 4.72. The van der Waals surface area contributed by atoms with Crippen LogP contribution in [0, 0.1) is 13.8 Å². The van der Waals surface area contributed by atoms with E-state index in [1.165, 1.54) is 0 Å². The first-order valence-electron chi connectivity index (χ1n) is 5.71. The van der Waals surface area contributed by atoms with E-state index in [1.54, 1.807) is 25.6 Å². The molecule has 1 heterocycles. The van der Waals surface area contributed by atoms with Crippen LogP contribution in [-0.4, -0.2) is 29.1 Å². The molecule has 0 spiro atoms. The summed E-state index contributed by atoms with van der Waals surface area (Å²) in [5.74, 6) is 0. The third-order valence-electron chi connectivity index (χ3n) is 2.84. The predicted molar refractivity (Wildman–Crippen MR) is 75.5 cm³/mol. The Hall–Kier alpha value is -0.400. The van der Waals surface area contributed by atoms with Crippen molar-refractivity contribution in [3.63, 3.8) is 0 Å². The number of nitrogens with zero attached hydrogens (tertiary/aromatic N) is 2. The molecular weight excluding hydrogens is 318 g/mol. The molecule has 0 atom stereocenters. The zero-order chi connectivity index (χ0) is 14.1. The van der Waals surface area contributed by atoms with Gasteiger partial charge < -0.3 is 0 Å². The highest BCUT2D eigenvalue weighted by Crippen LogP contribution is 2.21. The zero-order valence-corrected chi connectivity index (χ0v) is 13.8. The molecule has 0 bridgehead atoms. The highest BCUT2D eigenvalue weighted by atomic mass is 79.9. The van der Waals surface area contributed by atoms with E-state index in [-0.39, 0.29) is 4.90 Å². The van der Waals surface area contributed by atoms with Crippen LogP contribution in [0.2, 0.25) is 0 Å². The van der Waals surface area contributed by atoms with Gasteiger partial charge in [-0.3, -0.25) is 4.68 Å². The molecule has 104 valence electrons. The van der Waals surface area contributed by atoms with Crippen molar-refractivity contribution in [2.75, 3.05) is 5.33 Å². The van der Waals surface area contributed by atoms with Crippen molar-refractivity contribution in [3.8, 4) is 0 Å². The topological polar surface area (TPSA) is 64.0 Å². The minimum absolute atomic E-state index is 0.285. The van der Waals surface area contributed by atoms with Gasteiger partial charge in [0.15, 0.2) is 0 Å². The lowest BCUT2D eigenvalue weighted by Crippen LogP contribution is -2.43. The third-order valence-corrected chi connectivity index (χ3v) is 5.19. The molecule has 1 aromatic rings. The Labute approximate surface area is 117 Å². The van der Waals surface area contributed by atoms with E-state index in [4.69, 9.17) is 0 Å². The number of rotatable bonds is 5. The smallest absolute Gasteiger partial charge is 0.244 e. The fraction of sp³-hybridized carbons (Fsp3) is 0.727. The first-order chi connectivity index (χ1) is 8.10. The van der Waals surface area contributed by atoms with E-state index in [2.05, 4.69) is 25.8 Å². The summed E-state index contributed by atoms with van der Waals surface area (Å²) in [6, 6.07) is 0. The molecule has 0 aromatic carbocycles. The monoisotopic (exact) mass is 337 g/mol. The average molecular weight is 338 g/mol. The molecule has 0 aliphatic carbocycles. The Morgan fingerprint density at radius 3 is 2.33 bits per heavy atom. The molecule has 1 N–H and O–H groups in total. The van der Waals surface area contributed by atoms with Crippen LogP contribution in [0.5, 0.6) is 0 Å². The van der Waals surface area contributed by atoms with Crippen LogP contribution in [0.3, 0.4) is 0 Å². The summed E-state index contributed by atoms with van der Waals surface area (Å²) in [5.41, 5.74) is 0.684. The summed E-state index contributed by atoms with van der Waals surface area (Å²) in [7, 11) is -1.79. The van der Waals surface area contributed by atoms with Crippen molar-refractivity contribution in [1.82, 2.24) is 14.5 Å². The van der Waals surface area contributed by atoms with Gasteiger partial charge in [-0.15, -0.1) is 0 Å². The lowest BCUT2D eigenvalue weighted by Gasteiger charge is -2.25. The maximum absolute atomic E-state index is 12.4. The molecule has 0 saturated carbocycles. The van der Waals surface area contributed by atoms with Gasteiger partial charge in [0.1, 0.15) is 4.90 Å². The van der Waals surface area contributed by atoms with Crippen LogP contribution in [0.1, 0.15) is 31.7 Å². The van der Waals surface area contributed by atoms with Crippen LogP contribution in [0.15, 0.2) is 4.90 Å². The second kappa shape index (κ2) is 5.30. The number of halogens is 1. The Bertz CT molecular complexity index is 535. The van der Waals surface area contributed by atoms with E-state index in [9.17, 15) is 8.42 Å². The zero-order valence-electron chi connectivity index (χ0n) is 11.4. The number of hydrogen-bond donors (Lipinski definition) is 1. The van der Waals surface area contributed by atoms with Gasteiger partial charge in [0.2, 0.25) is 10.0 Å². The Morgan fingerprint density at radius 1 is 1.39 bits per heavy atom. The molecule has 0 aliphatic rings. The molecule has 0 fully saturated rings. The molecule has 0 aliphatic heterocycles. The number of sulfonamides is 1. The van der Waals surface area contributed by atoms with Crippen LogP contribution >= 0.6 is 15.9 Å². The molecular formula is C11H20BrN3O2S. The molecule has 1 rings (SSSR count). The highest BCUT2D eigenvalue weighted by Gasteiger charge is 2.30. The van der Waals surface area contributed by atoms with E-state index >= 15 is 0 Å². The van der Waals surface area contributed by atoms with Crippen LogP contribution in [0.25, 0.3) is 0 Å². The fourth-order valence-electron chi connectivity index (χ4n) is 1.85. The minimum atomic E-state index is -3.53. The number of hydrogen-bond acceptors (Lipinski definition) is 3. The average Bonchev–Trinajstić information content (AvgIpc) is 2.38. The van der Waals surface area contributed by atoms with Gasteiger partial charge in [-0.05, 0) is 34.1 Å². The molecule has 0 amide bonds. The highest BCUT2D eigenvalue weighted by molar-refractivity contribution is 9.09. The van der Waals surface area contributed by atoms with E-state index in [0.29, 0.717) is 17.8 Å². The largest absolute Gasteiger partial charge is 0.271 e. The van der Waals surface area contributed by atoms with Gasteiger partial charge in [0.25, 0.3) is 0 Å². The van der Waals surface area contributed by atoms with Crippen molar-refractivity contribution in [2.45, 2.75) is 44.6 Å². The lowest BCUT2D eigenvalue weighted by molar-refractivity contribution is 0.443. The number of nitrogens with one attached hydrogen (secondary N) is 1. The van der Waals surface area contributed by atoms with E-state index in [0.717, 1.165) is 5.33 Å². The van der Waals surface area contributed by atoms with Gasteiger partial charge in [-0.25, -0.2) is 13.1 Å². The molecule has 1 aromatic heterocycles. The quantitative estimate of drug-likeness (QED) is 0.834. The number of alkyl halides is 1. The molecule has 0 radical (unpaired) electrons. The van der Waals surface area contributed by atoms with Crippen molar-refractivity contribution in [3.05, 3.63) is 11.4 Å². The SMILES string of the molecule is Cc1nn(C)c(C)c1S(=O)(=O)NC(C)(C)CCBr. The predicted octanol–water partition coefficient (Wildman–Crippen LogP) is 1.88. The normalized spacial score (nSPS) is 13.0. The second-order valence-electron chi connectivity index (χ2n) is 5.05. The Morgan fingerprint density at radius 2 is 1.94 bits per heavy atom. The van der Waals surface area contributed by atoms with Crippen LogP contribution < -0.4 is 4.72 Å². The second-order valence-corrected chi connectivity index (χ2v) is 7.46.